The second-order valence-electron chi connectivity index (χ2n) is 13.4. The summed E-state index contributed by atoms with van der Waals surface area (Å²) in [4.78, 5) is 2.42. The van der Waals surface area contributed by atoms with Crippen LogP contribution in [0.15, 0.2) is 206 Å². The molecule has 0 fully saturated rings. The molecule has 1 aromatic heterocycles. The first-order valence-corrected chi connectivity index (χ1v) is 17.8. The Morgan fingerprint density at radius 2 is 0.827 bits per heavy atom. The average molecular weight is 663 g/mol. The fourth-order valence-electron chi connectivity index (χ4n) is 7.81. The van der Waals surface area contributed by atoms with Gasteiger partial charge in [0, 0.05) is 27.8 Å². The highest BCUT2D eigenvalue weighted by molar-refractivity contribution is 6.19. The Labute approximate surface area is 303 Å². The van der Waals surface area contributed by atoms with Crippen LogP contribution in [0.2, 0.25) is 0 Å². The van der Waals surface area contributed by atoms with Gasteiger partial charge in [0.05, 0.1) is 16.7 Å². The summed E-state index contributed by atoms with van der Waals surface area (Å²) in [5.41, 5.74) is 11.7. The molecule has 0 saturated carbocycles. The fourth-order valence-corrected chi connectivity index (χ4v) is 7.81. The van der Waals surface area contributed by atoms with Gasteiger partial charge in [0.25, 0.3) is 0 Å². The first kappa shape index (κ1) is 30.0. The summed E-state index contributed by atoms with van der Waals surface area (Å²) in [6.45, 7) is 0. The molecule has 0 N–H and O–H groups in total. The second-order valence-corrected chi connectivity index (χ2v) is 13.4. The van der Waals surface area contributed by atoms with Gasteiger partial charge in [-0.15, -0.1) is 0 Å². The van der Waals surface area contributed by atoms with Crippen molar-refractivity contribution in [3.8, 4) is 27.9 Å². The summed E-state index contributed by atoms with van der Waals surface area (Å²) in [7, 11) is 0. The van der Waals surface area contributed by atoms with Crippen molar-refractivity contribution in [1.82, 2.24) is 4.57 Å². The lowest BCUT2D eigenvalue weighted by Crippen LogP contribution is -2.10. The van der Waals surface area contributed by atoms with Crippen LogP contribution >= 0.6 is 0 Å². The molecule has 9 aromatic carbocycles. The normalized spacial score (nSPS) is 11.5. The zero-order valence-electron chi connectivity index (χ0n) is 28.5. The highest BCUT2D eigenvalue weighted by Gasteiger charge is 2.22. The minimum atomic E-state index is 1.10. The molecule has 0 unspecified atom stereocenters. The van der Waals surface area contributed by atoms with E-state index >= 15 is 0 Å². The molecule has 0 spiro atoms. The Bertz CT molecular complexity index is 2790. The van der Waals surface area contributed by atoms with Crippen molar-refractivity contribution in [2.75, 3.05) is 4.90 Å². The molecular weight excluding hydrogens is 629 g/mol. The number of hydrogen-bond acceptors (Lipinski definition) is 1. The van der Waals surface area contributed by atoms with Gasteiger partial charge in [0.1, 0.15) is 0 Å². The highest BCUT2D eigenvalue weighted by atomic mass is 15.1. The molecule has 0 atom stereocenters. The van der Waals surface area contributed by atoms with Gasteiger partial charge in [-0.3, -0.25) is 0 Å². The molecule has 0 aliphatic carbocycles. The van der Waals surface area contributed by atoms with Crippen LogP contribution in [0.4, 0.5) is 17.1 Å². The standard InChI is InChI=1S/C50H34N2/c1-3-12-35(13-4-1)38-22-27-43(28-23-38)51(44-29-24-39(25-30-44)36-14-5-2-6-15-36)47-20-11-21-48-50(47)46-33-41-18-9-10-19-42(41)34-49(46)52(48)45-31-26-37-16-7-8-17-40(37)32-45/h1-34H. The molecule has 0 aliphatic heterocycles. The Balaban J connectivity index is 1.24. The van der Waals surface area contributed by atoms with Crippen LogP contribution in [-0.4, -0.2) is 4.57 Å². The number of fused-ring (bicyclic) bond motifs is 5. The zero-order valence-corrected chi connectivity index (χ0v) is 28.5. The van der Waals surface area contributed by atoms with Crippen molar-refractivity contribution < 1.29 is 0 Å². The Morgan fingerprint density at radius 1 is 0.327 bits per heavy atom. The molecular formula is C50H34N2. The van der Waals surface area contributed by atoms with Crippen LogP contribution < -0.4 is 4.90 Å². The molecule has 0 amide bonds. The summed E-state index contributed by atoms with van der Waals surface area (Å²) >= 11 is 0. The Hall–Kier alpha value is -6.90. The molecule has 2 heteroatoms. The predicted molar refractivity (Wildman–Crippen MR) is 221 cm³/mol. The second kappa shape index (κ2) is 12.5. The molecule has 10 rings (SSSR count). The lowest BCUT2D eigenvalue weighted by Gasteiger charge is -2.27. The van der Waals surface area contributed by atoms with Crippen LogP contribution in [-0.2, 0) is 0 Å². The number of nitrogens with zero attached hydrogens (tertiary/aromatic N) is 2. The van der Waals surface area contributed by atoms with Crippen LogP contribution in [0.3, 0.4) is 0 Å². The molecule has 2 nitrogen and oxygen atoms in total. The van der Waals surface area contributed by atoms with E-state index in [1.165, 1.54) is 65.6 Å². The summed E-state index contributed by atoms with van der Waals surface area (Å²) < 4.78 is 2.45. The van der Waals surface area contributed by atoms with Crippen molar-refractivity contribution in [3.05, 3.63) is 206 Å². The third-order valence-corrected chi connectivity index (χ3v) is 10.3. The van der Waals surface area contributed by atoms with E-state index in [9.17, 15) is 0 Å². The van der Waals surface area contributed by atoms with E-state index in [1.807, 2.05) is 0 Å². The average Bonchev–Trinajstić information content (AvgIpc) is 3.54. The maximum atomic E-state index is 2.45. The van der Waals surface area contributed by atoms with Crippen LogP contribution in [0.1, 0.15) is 0 Å². The minimum Gasteiger partial charge on any atom is -0.310 e. The van der Waals surface area contributed by atoms with Crippen LogP contribution in [0.25, 0.3) is 71.3 Å². The quantitative estimate of drug-likeness (QED) is 0.172. The van der Waals surface area contributed by atoms with Crippen molar-refractivity contribution in [2.24, 2.45) is 0 Å². The molecule has 52 heavy (non-hydrogen) atoms. The van der Waals surface area contributed by atoms with Crippen molar-refractivity contribution in [1.29, 1.82) is 0 Å². The first-order chi connectivity index (χ1) is 25.8. The number of rotatable bonds is 6. The first-order valence-electron chi connectivity index (χ1n) is 17.8. The molecule has 0 aliphatic rings. The van der Waals surface area contributed by atoms with Crippen LogP contribution in [0, 0.1) is 0 Å². The SMILES string of the molecule is c1ccc(-c2ccc(N(c3ccc(-c4ccccc4)cc3)c3cccc4c3c3cc5ccccc5cc3n4-c3ccc4ccccc4c3)cc2)cc1. The van der Waals surface area contributed by atoms with Gasteiger partial charge in [-0.1, -0.05) is 146 Å². The molecule has 10 aromatic rings. The third kappa shape index (κ3) is 5.12. The smallest absolute Gasteiger partial charge is 0.0562 e. The molecule has 244 valence electrons. The summed E-state index contributed by atoms with van der Waals surface area (Å²) in [6, 6.07) is 74.8. The Morgan fingerprint density at radius 3 is 1.42 bits per heavy atom. The lowest BCUT2D eigenvalue weighted by molar-refractivity contribution is 1.19. The van der Waals surface area contributed by atoms with E-state index in [1.54, 1.807) is 0 Å². The highest BCUT2D eigenvalue weighted by Crippen LogP contribution is 2.45. The van der Waals surface area contributed by atoms with E-state index in [0.717, 1.165) is 22.7 Å². The van der Waals surface area contributed by atoms with Gasteiger partial charge in [-0.2, -0.15) is 0 Å². The van der Waals surface area contributed by atoms with Crippen LogP contribution in [0.5, 0.6) is 0 Å². The number of hydrogen-bond donors (Lipinski definition) is 0. The predicted octanol–water partition coefficient (Wildman–Crippen LogP) is 13.9. The van der Waals surface area contributed by atoms with Gasteiger partial charge >= 0.3 is 0 Å². The third-order valence-electron chi connectivity index (χ3n) is 10.3. The molecule has 0 saturated heterocycles. The number of aromatic nitrogens is 1. The monoisotopic (exact) mass is 662 g/mol. The van der Waals surface area contributed by atoms with E-state index in [-0.39, 0.29) is 0 Å². The molecule has 0 bridgehead atoms. The van der Waals surface area contributed by atoms with E-state index in [0.29, 0.717) is 0 Å². The summed E-state index contributed by atoms with van der Waals surface area (Å²) in [5, 5.41) is 7.37. The van der Waals surface area contributed by atoms with E-state index in [2.05, 4.69) is 216 Å². The lowest BCUT2D eigenvalue weighted by atomic mass is 10.0. The van der Waals surface area contributed by atoms with E-state index in [4.69, 9.17) is 0 Å². The van der Waals surface area contributed by atoms with Crippen molar-refractivity contribution in [2.45, 2.75) is 0 Å². The van der Waals surface area contributed by atoms with Gasteiger partial charge in [0.2, 0.25) is 0 Å². The van der Waals surface area contributed by atoms with Gasteiger partial charge in [-0.05, 0) is 104 Å². The number of anilines is 3. The minimum absolute atomic E-state index is 1.10. The van der Waals surface area contributed by atoms with Crippen molar-refractivity contribution in [3.63, 3.8) is 0 Å². The Kier molecular flexibility index (Phi) is 7.18. The van der Waals surface area contributed by atoms with Gasteiger partial charge < -0.3 is 9.47 Å². The topological polar surface area (TPSA) is 8.17 Å². The zero-order chi connectivity index (χ0) is 34.4. The maximum Gasteiger partial charge on any atom is 0.0562 e. The van der Waals surface area contributed by atoms with Crippen molar-refractivity contribution >= 4 is 60.4 Å². The van der Waals surface area contributed by atoms with Gasteiger partial charge in [0.15, 0.2) is 0 Å². The van der Waals surface area contributed by atoms with E-state index < -0.39 is 0 Å². The summed E-state index contributed by atoms with van der Waals surface area (Å²) in [5.74, 6) is 0. The van der Waals surface area contributed by atoms with Gasteiger partial charge in [-0.25, -0.2) is 0 Å². The summed E-state index contributed by atoms with van der Waals surface area (Å²) in [6.07, 6.45) is 0. The largest absolute Gasteiger partial charge is 0.310 e. The molecule has 0 radical (unpaired) electrons. The molecule has 1 heterocycles. The fraction of sp³-hybridized carbons (Fsp3) is 0. The number of benzene rings is 9. The maximum absolute atomic E-state index is 2.45.